The van der Waals surface area contributed by atoms with Crippen LogP contribution in [0.3, 0.4) is 0 Å². The normalized spacial score (nSPS) is 11.8. The molecule has 9 heteroatoms. The van der Waals surface area contributed by atoms with Crippen molar-refractivity contribution in [3.05, 3.63) is 30.5 Å². The predicted octanol–water partition coefficient (Wildman–Crippen LogP) is 0.498. The molecular weight excluding hydrogens is 280 g/mol. The van der Waals surface area contributed by atoms with Crippen LogP contribution in [-0.2, 0) is 16.6 Å². The highest BCUT2D eigenvalue weighted by Crippen LogP contribution is 2.16. The van der Waals surface area contributed by atoms with Gasteiger partial charge < -0.3 is 5.32 Å². The molecule has 0 radical (unpaired) electrons. The summed E-state index contributed by atoms with van der Waals surface area (Å²) >= 11 is 0. The van der Waals surface area contributed by atoms with Gasteiger partial charge in [-0.1, -0.05) is 13.8 Å². The molecule has 0 fully saturated rings. The summed E-state index contributed by atoms with van der Waals surface area (Å²) in [5.41, 5.74) is 0.868. The molecule has 2 rings (SSSR count). The highest BCUT2D eigenvalue weighted by Gasteiger charge is 2.21. The van der Waals surface area contributed by atoms with E-state index in [1.165, 1.54) is 24.9 Å². The highest BCUT2D eigenvalue weighted by atomic mass is 32.2. The first-order valence-corrected chi connectivity index (χ1v) is 7.51. The third-order valence-electron chi connectivity index (χ3n) is 2.46. The Morgan fingerprint density at radius 1 is 1.25 bits per heavy atom. The lowest BCUT2D eigenvalue weighted by Crippen LogP contribution is -2.23. The summed E-state index contributed by atoms with van der Waals surface area (Å²) < 4.78 is 26.9. The quantitative estimate of drug-likeness (QED) is 0.715. The van der Waals surface area contributed by atoms with E-state index in [-0.39, 0.29) is 11.1 Å². The average Bonchev–Trinajstić information content (AvgIpc) is 2.86. The zero-order valence-electron chi connectivity index (χ0n) is 11.2. The molecule has 0 aromatic carbocycles. The Labute approximate surface area is 117 Å². The SMILES string of the molecule is CC(C)NCc1cn[nH]c1S(=O)(=O)Nc1cncnc1. The van der Waals surface area contributed by atoms with Gasteiger partial charge in [-0.2, -0.15) is 13.5 Å². The lowest BCUT2D eigenvalue weighted by molar-refractivity contribution is 0.574. The van der Waals surface area contributed by atoms with Gasteiger partial charge in [-0.15, -0.1) is 0 Å². The van der Waals surface area contributed by atoms with Gasteiger partial charge in [0.1, 0.15) is 6.33 Å². The standard InChI is InChI=1S/C11H16N6O2S/c1-8(2)14-3-9-4-15-16-11(9)20(18,19)17-10-5-12-7-13-6-10/h4-8,14,17H,3H2,1-2H3,(H,15,16). The second kappa shape index (κ2) is 5.97. The molecule has 108 valence electrons. The van der Waals surface area contributed by atoms with E-state index in [1.807, 2.05) is 13.8 Å². The van der Waals surface area contributed by atoms with Crippen molar-refractivity contribution in [2.45, 2.75) is 31.5 Å². The van der Waals surface area contributed by atoms with Crippen molar-refractivity contribution in [2.75, 3.05) is 4.72 Å². The number of anilines is 1. The summed E-state index contributed by atoms with van der Waals surface area (Å²) in [5.74, 6) is 0. The van der Waals surface area contributed by atoms with Crippen LogP contribution in [0.2, 0.25) is 0 Å². The van der Waals surface area contributed by atoms with Crippen molar-refractivity contribution < 1.29 is 8.42 Å². The Morgan fingerprint density at radius 3 is 2.60 bits per heavy atom. The van der Waals surface area contributed by atoms with Gasteiger partial charge in [0.15, 0.2) is 5.03 Å². The maximum Gasteiger partial charge on any atom is 0.279 e. The molecule has 3 N–H and O–H groups in total. The van der Waals surface area contributed by atoms with E-state index in [0.29, 0.717) is 17.8 Å². The summed E-state index contributed by atoms with van der Waals surface area (Å²) in [6, 6.07) is 0.246. The zero-order chi connectivity index (χ0) is 14.6. The van der Waals surface area contributed by atoms with Crippen LogP contribution in [-0.4, -0.2) is 34.6 Å². The molecule has 0 saturated carbocycles. The molecule has 0 bridgehead atoms. The van der Waals surface area contributed by atoms with E-state index in [0.717, 1.165) is 0 Å². The fraction of sp³-hybridized carbons (Fsp3) is 0.364. The van der Waals surface area contributed by atoms with Gasteiger partial charge in [0.05, 0.1) is 24.3 Å². The number of hydrogen-bond acceptors (Lipinski definition) is 6. The Balaban J connectivity index is 2.20. The summed E-state index contributed by atoms with van der Waals surface area (Å²) in [4.78, 5) is 7.51. The monoisotopic (exact) mass is 296 g/mol. The maximum absolute atomic E-state index is 12.3. The highest BCUT2D eigenvalue weighted by molar-refractivity contribution is 7.92. The van der Waals surface area contributed by atoms with Crippen LogP contribution in [0.25, 0.3) is 0 Å². The molecule has 0 spiro atoms. The van der Waals surface area contributed by atoms with E-state index in [2.05, 4.69) is 30.2 Å². The van der Waals surface area contributed by atoms with E-state index >= 15 is 0 Å². The second-order valence-electron chi connectivity index (χ2n) is 4.49. The van der Waals surface area contributed by atoms with E-state index in [1.54, 1.807) is 0 Å². The van der Waals surface area contributed by atoms with Crippen LogP contribution in [0.15, 0.2) is 29.9 Å². The molecule has 0 unspecified atom stereocenters. The Hall–Kier alpha value is -2.00. The number of nitrogens with zero attached hydrogens (tertiary/aromatic N) is 3. The minimum Gasteiger partial charge on any atom is -0.310 e. The Bertz CT molecular complexity index is 653. The first kappa shape index (κ1) is 14.4. The van der Waals surface area contributed by atoms with Gasteiger partial charge in [0, 0.05) is 18.2 Å². The number of aromatic amines is 1. The van der Waals surface area contributed by atoms with E-state index in [9.17, 15) is 8.42 Å². The summed E-state index contributed by atoms with van der Waals surface area (Å²) in [7, 11) is -3.74. The molecule has 8 nitrogen and oxygen atoms in total. The van der Waals surface area contributed by atoms with Gasteiger partial charge in [-0.05, 0) is 0 Å². The molecule has 20 heavy (non-hydrogen) atoms. The van der Waals surface area contributed by atoms with E-state index in [4.69, 9.17) is 0 Å². The van der Waals surface area contributed by atoms with Crippen molar-refractivity contribution in [1.29, 1.82) is 0 Å². The molecule has 2 aromatic rings. The summed E-state index contributed by atoms with van der Waals surface area (Å²) in [6.45, 7) is 4.37. The number of sulfonamides is 1. The molecule has 2 heterocycles. The first-order valence-electron chi connectivity index (χ1n) is 6.02. The fourth-order valence-electron chi connectivity index (χ4n) is 1.53. The lowest BCUT2D eigenvalue weighted by Gasteiger charge is -2.09. The smallest absolute Gasteiger partial charge is 0.279 e. The first-order chi connectivity index (χ1) is 9.49. The van der Waals surface area contributed by atoms with E-state index < -0.39 is 10.0 Å². The predicted molar refractivity (Wildman–Crippen MR) is 73.4 cm³/mol. The molecule has 0 aliphatic carbocycles. The minimum atomic E-state index is -3.74. The summed E-state index contributed by atoms with van der Waals surface area (Å²) in [6.07, 6.45) is 5.58. The molecule has 0 saturated heterocycles. The Morgan fingerprint density at radius 2 is 1.95 bits per heavy atom. The number of aromatic nitrogens is 4. The lowest BCUT2D eigenvalue weighted by atomic mass is 10.3. The minimum absolute atomic E-state index is 0.0366. The molecular formula is C11H16N6O2S. The average molecular weight is 296 g/mol. The van der Waals surface area contributed by atoms with Crippen LogP contribution >= 0.6 is 0 Å². The van der Waals surface area contributed by atoms with Crippen LogP contribution in [0.5, 0.6) is 0 Å². The van der Waals surface area contributed by atoms with Crippen LogP contribution in [0.1, 0.15) is 19.4 Å². The van der Waals surface area contributed by atoms with Crippen molar-refractivity contribution >= 4 is 15.7 Å². The van der Waals surface area contributed by atoms with Crippen LogP contribution in [0.4, 0.5) is 5.69 Å². The van der Waals surface area contributed by atoms with Gasteiger partial charge in [0.2, 0.25) is 0 Å². The third kappa shape index (κ3) is 3.52. The maximum atomic E-state index is 12.3. The van der Waals surface area contributed by atoms with Crippen LogP contribution < -0.4 is 10.0 Å². The largest absolute Gasteiger partial charge is 0.310 e. The molecule has 0 atom stereocenters. The molecule has 2 aromatic heterocycles. The molecule has 0 aliphatic rings. The van der Waals surface area contributed by atoms with Crippen molar-refractivity contribution in [2.24, 2.45) is 0 Å². The topological polar surface area (TPSA) is 113 Å². The van der Waals surface area contributed by atoms with Gasteiger partial charge in [0.25, 0.3) is 10.0 Å². The van der Waals surface area contributed by atoms with Crippen molar-refractivity contribution in [1.82, 2.24) is 25.5 Å². The fourth-order valence-corrected chi connectivity index (χ4v) is 2.69. The van der Waals surface area contributed by atoms with Gasteiger partial charge in [-0.3, -0.25) is 9.82 Å². The van der Waals surface area contributed by atoms with Gasteiger partial charge >= 0.3 is 0 Å². The second-order valence-corrected chi connectivity index (χ2v) is 6.11. The summed E-state index contributed by atoms with van der Waals surface area (Å²) in [5, 5.41) is 9.49. The van der Waals surface area contributed by atoms with Crippen molar-refractivity contribution in [3.8, 4) is 0 Å². The number of nitrogens with one attached hydrogen (secondary N) is 3. The van der Waals surface area contributed by atoms with Gasteiger partial charge in [-0.25, -0.2) is 9.97 Å². The number of H-pyrrole nitrogens is 1. The molecule has 0 amide bonds. The van der Waals surface area contributed by atoms with Crippen LogP contribution in [0, 0.1) is 0 Å². The Kier molecular flexibility index (Phi) is 4.30. The third-order valence-corrected chi connectivity index (χ3v) is 3.86. The number of hydrogen-bond donors (Lipinski definition) is 3. The number of rotatable bonds is 6. The zero-order valence-corrected chi connectivity index (χ0v) is 12.0. The molecule has 0 aliphatic heterocycles. The van der Waals surface area contributed by atoms with Crippen molar-refractivity contribution in [3.63, 3.8) is 0 Å².